The zero-order valence-corrected chi connectivity index (χ0v) is 11.0. The lowest BCUT2D eigenvalue weighted by Gasteiger charge is -2.18. The number of benzene rings is 1. The van der Waals surface area contributed by atoms with E-state index in [0.29, 0.717) is 19.3 Å². The maximum Gasteiger partial charge on any atom is 0.153 e. The number of ketones is 1. The van der Waals surface area contributed by atoms with Crippen molar-refractivity contribution in [1.29, 1.82) is 5.26 Å². The molecule has 1 aromatic carbocycles. The summed E-state index contributed by atoms with van der Waals surface area (Å²) in [5, 5.41) is 9.23. The largest absolute Gasteiger partial charge is 0.298 e. The summed E-state index contributed by atoms with van der Waals surface area (Å²) in [6, 6.07) is 10.3. The number of hydrogen-bond acceptors (Lipinski definition) is 2. The first-order valence-electron chi connectivity index (χ1n) is 5.35. The van der Waals surface area contributed by atoms with Crippen LogP contribution in [0.1, 0.15) is 24.8 Å². The summed E-state index contributed by atoms with van der Waals surface area (Å²) < 4.78 is 1.17. The Kier molecular flexibility index (Phi) is 3.29. The van der Waals surface area contributed by atoms with Crippen LogP contribution in [0.4, 0.5) is 0 Å². The molecule has 0 heterocycles. The number of carbonyl (C=O) groups is 1. The number of carbonyl (C=O) groups excluding carboxylic acids is 1. The number of Topliss-reactive ketones (excluding diaryl/α,β-unsaturated/α-hetero) is 1. The van der Waals surface area contributed by atoms with E-state index >= 15 is 0 Å². The van der Waals surface area contributed by atoms with E-state index in [4.69, 9.17) is 0 Å². The maximum absolute atomic E-state index is 11.8. The molecule has 0 amide bonds. The van der Waals surface area contributed by atoms with Crippen LogP contribution in [0.5, 0.6) is 0 Å². The smallest absolute Gasteiger partial charge is 0.153 e. The zero-order chi connectivity index (χ0) is 11.6. The second kappa shape index (κ2) is 4.54. The highest BCUT2D eigenvalue weighted by Gasteiger charge is 2.42. The van der Waals surface area contributed by atoms with E-state index in [2.05, 4.69) is 28.7 Å². The molecule has 1 aliphatic carbocycles. The first-order chi connectivity index (χ1) is 7.66. The van der Waals surface area contributed by atoms with Gasteiger partial charge in [-0.1, -0.05) is 12.1 Å². The molecule has 0 saturated heterocycles. The average Bonchev–Trinajstić information content (AvgIpc) is 2.64. The molecule has 1 atom stereocenters. The Morgan fingerprint density at radius 1 is 1.38 bits per heavy atom. The van der Waals surface area contributed by atoms with E-state index in [-0.39, 0.29) is 5.78 Å². The number of halogens is 1. The van der Waals surface area contributed by atoms with Gasteiger partial charge in [-0.25, -0.2) is 0 Å². The lowest BCUT2D eigenvalue weighted by Crippen LogP contribution is -2.26. The number of rotatable bonds is 2. The van der Waals surface area contributed by atoms with Crippen molar-refractivity contribution in [3.05, 3.63) is 33.4 Å². The highest BCUT2D eigenvalue weighted by atomic mass is 127. The van der Waals surface area contributed by atoms with Crippen molar-refractivity contribution < 1.29 is 4.79 Å². The summed E-state index contributed by atoms with van der Waals surface area (Å²) in [6.07, 6.45) is 2.71. The fraction of sp³-hybridized carbons (Fsp3) is 0.385. The lowest BCUT2D eigenvalue weighted by molar-refractivity contribution is -0.123. The number of hydrogen-bond donors (Lipinski definition) is 0. The minimum absolute atomic E-state index is 0.119. The second-order valence-electron chi connectivity index (χ2n) is 4.27. The fourth-order valence-corrected chi connectivity index (χ4v) is 2.58. The van der Waals surface area contributed by atoms with Crippen molar-refractivity contribution in [2.75, 3.05) is 0 Å². The van der Waals surface area contributed by atoms with Gasteiger partial charge in [-0.3, -0.25) is 4.79 Å². The molecule has 1 aromatic rings. The molecule has 1 fully saturated rings. The van der Waals surface area contributed by atoms with Crippen molar-refractivity contribution in [3.8, 4) is 6.07 Å². The summed E-state index contributed by atoms with van der Waals surface area (Å²) in [4.78, 5) is 11.8. The third-order valence-corrected chi connectivity index (χ3v) is 3.89. The molecular formula is C13H12INO. The Hall–Kier alpha value is -0.890. The van der Waals surface area contributed by atoms with Gasteiger partial charge in [0.1, 0.15) is 5.41 Å². The minimum atomic E-state index is -0.743. The molecule has 3 heteroatoms. The van der Waals surface area contributed by atoms with E-state index in [0.717, 1.165) is 12.0 Å². The van der Waals surface area contributed by atoms with Gasteiger partial charge in [0.15, 0.2) is 5.78 Å². The molecule has 0 aliphatic heterocycles. The molecule has 0 spiro atoms. The van der Waals surface area contributed by atoms with E-state index in [1.54, 1.807) is 0 Å². The predicted molar refractivity (Wildman–Crippen MR) is 69.8 cm³/mol. The van der Waals surface area contributed by atoms with E-state index < -0.39 is 5.41 Å². The Morgan fingerprint density at radius 2 is 2.06 bits per heavy atom. The molecule has 16 heavy (non-hydrogen) atoms. The molecule has 2 nitrogen and oxygen atoms in total. The highest BCUT2D eigenvalue weighted by molar-refractivity contribution is 14.1. The molecule has 1 unspecified atom stereocenters. The van der Waals surface area contributed by atoms with Crippen LogP contribution in [0, 0.1) is 20.3 Å². The summed E-state index contributed by atoms with van der Waals surface area (Å²) in [5.74, 6) is 0.119. The Balaban J connectivity index is 2.23. The van der Waals surface area contributed by atoms with Crippen molar-refractivity contribution in [1.82, 2.24) is 0 Å². The van der Waals surface area contributed by atoms with Crippen LogP contribution in [0.2, 0.25) is 0 Å². The van der Waals surface area contributed by atoms with Gasteiger partial charge in [0, 0.05) is 9.99 Å². The van der Waals surface area contributed by atoms with Gasteiger partial charge in [0.2, 0.25) is 0 Å². The van der Waals surface area contributed by atoms with E-state index in [1.165, 1.54) is 3.57 Å². The molecular weight excluding hydrogens is 313 g/mol. The zero-order valence-electron chi connectivity index (χ0n) is 8.87. The minimum Gasteiger partial charge on any atom is -0.298 e. The third-order valence-electron chi connectivity index (χ3n) is 3.17. The molecule has 1 aliphatic rings. The van der Waals surface area contributed by atoms with Crippen molar-refractivity contribution >= 4 is 28.4 Å². The molecule has 0 bridgehead atoms. The summed E-state index contributed by atoms with van der Waals surface area (Å²) in [5.41, 5.74) is 0.337. The standard InChI is InChI=1S/C13H12INO/c14-11-5-3-10(4-6-11)8-13(9-15)7-1-2-12(13)16/h3-6H,1-2,7-8H2. The summed E-state index contributed by atoms with van der Waals surface area (Å²) >= 11 is 2.25. The normalized spacial score (nSPS) is 24.4. The monoisotopic (exact) mass is 325 g/mol. The van der Waals surface area contributed by atoms with Crippen LogP contribution < -0.4 is 0 Å². The Labute approximate surface area is 109 Å². The Morgan fingerprint density at radius 3 is 2.56 bits per heavy atom. The molecule has 2 rings (SSSR count). The van der Waals surface area contributed by atoms with Crippen LogP contribution in [-0.4, -0.2) is 5.78 Å². The molecule has 1 saturated carbocycles. The number of nitrogens with zero attached hydrogens (tertiary/aromatic N) is 1. The maximum atomic E-state index is 11.8. The van der Waals surface area contributed by atoms with Crippen LogP contribution in [0.3, 0.4) is 0 Å². The lowest BCUT2D eigenvalue weighted by atomic mass is 9.81. The van der Waals surface area contributed by atoms with Crippen LogP contribution in [0.25, 0.3) is 0 Å². The molecule has 0 N–H and O–H groups in total. The van der Waals surface area contributed by atoms with Gasteiger partial charge in [0.25, 0.3) is 0 Å². The van der Waals surface area contributed by atoms with Crippen LogP contribution >= 0.6 is 22.6 Å². The predicted octanol–water partition coefficient (Wildman–Crippen LogP) is 3.10. The topological polar surface area (TPSA) is 40.9 Å². The van der Waals surface area contributed by atoms with Crippen LogP contribution in [-0.2, 0) is 11.2 Å². The van der Waals surface area contributed by atoms with Crippen molar-refractivity contribution in [2.45, 2.75) is 25.7 Å². The van der Waals surface area contributed by atoms with E-state index in [9.17, 15) is 10.1 Å². The van der Waals surface area contributed by atoms with Crippen LogP contribution in [0.15, 0.2) is 24.3 Å². The van der Waals surface area contributed by atoms with Crippen molar-refractivity contribution in [3.63, 3.8) is 0 Å². The molecule has 0 aromatic heterocycles. The Bertz CT molecular complexity index is 446. The van der Waals surface area contributed by atoms with Gasteiger partial charge in [-0.2, -0.15) is 5.26 Å². The highest BCUT2D eigenvalue weighted by Crippen LogP contribution is 2.37. The quantitative estimate of drug-likeness (QED) is 0.784. The van der Waals surface area contributed by atoms with Crippen molar-refractivity contribution in [2.24, 2.45) is 5.41 Å². The van der Waals surface area contributed by atoms with Gasteiger partial charge >= 0.3 is 0 Å². The fourth-order valence-electron chi connectivity index (χ4n) is 2.22. The third kappa shape index (κ3) is 2.12. The van der Waals surface area contributed by atoms with Gasteiger partial charge in [-0.15, -0.1) is 0 Å². The van der Waals surface area contributed by atoms with Gasteiger partial charge in [0.05, 0.1) is 6.07 Å². The molecule has 0 radical (unpaired) electrons. The van der Waals surface area contributed by atoms with Gasteiger partial charge in [-0.05, 0) is 59.5 Å². The molecule has 82 valence electrons. The first-order valence-corrected chi connectivity index (χ1v) is 6.43. The van der Waals surface area contributed by atoms with E-state index in [1.807, 2.05) is 24.3 Å². The number of nitriles is 1. The summed E-state index contributed by atoms with van der Waals surface area (Å²) in [7, 11) is 0. The average molecular weight is 325 g/mol. The summed E-state index contributed by atoms with van der Waals surface area (Å²) in [6.45, 7) is 0. The first kappa shape index (κ1) is 11.6. The SMILES string of the molecule is N#CC1(Cc2ccc(I)cc2)CCCC1=O. The van der Waals surface area contributed by atoms with Gasteiger partial charge < -0.3 is 0 Å². The second-order valence-corrected chi connectivity index (χ2v) is 5.52.